The van der Waals surface area contributed by atoms with E-state index in [2.05, 4.69) is 52.6 Å². The first-order valence-corrected chi connectivity index (χ1v) is 12.4. The molecule has 8 heteroatoms. The Kier molecular flexibility index (Phi) is 7.70. The number of benzene rings is 2. The van der Waals surface area contributed by atoms with Gasteiger partial charge in [0.05, 0.1) is 10.6 Å². The van der Waals surface area contributed by atoms with Crippen LogP contribution >= 0.6 is 11.9 Å². The molecule has 0 spiro atoms. The van der Waals surface area contributed by atoms with Crippen molar-refractivity contribution in [3.63, 3.8) is 0 Å². The molecule has 2 aromatic carbocycles. The second kappa shape index (κ2) is 10.7. The zero-order valence-corrected chi connectivity index (χ0v) is 21.0. The lowest BCUT2D eigenvalue weighted by atomic mass is 9.94. The van der Waals surface area contributed by atoms with Crippen molar-refractivity contribution in [3.8, 4) is 0 Å². The molecule has 1 aromatic heterocycles. The van der Waals surface area contributed by atoms with Crippen molar-refractivity contribution in [2.24, 2.45) is 5.92 Å². The third kappa shape index (κ3) is 5.68. The summed E-state index contributed by atoms with van der Waals surface area (Å²) in [7, 11) is 0. The van der Waals surface area contributed by atoms with Gasteiger partial charge < -0.3 is 15.2 Å². The predicted molar refractivity (Wildman–Crippen MR) is 137 cm³/mol. The average molecular weight is 482 g/mol. The van der Waals surface area contributed by atoms with Crippen LogP contribution in [0.15, 0.2) is 52.1 Å². The molecule has 0 bridgehead atoms. The number of nitrogens with zero attached hydrogens (tertiary/aromatic N) is 3. The molecule has 4 rings (SSSR count). The van der Waals surface area contributed by atoms with E-state index in [9.17, 15) is 4.39 Å². The van der Waals surface area contributed by atoms with E-state index in [4.69, 9.17) is 9.93 Å². The Hall–Kier alpha value is -2.68. The van der Waals surface area contributed by atoms with E-state index in [0.29, 0.717) is 5.92 Å². The van der Waals surface area contributed by atoms with E-state index in [0.717, 1.165) is 53.7 Å². The number of piperazine rings is 1. The molecule has 0 radical (unpaired) electrons. The van der Waals surface area contributed by atoms with Crippen molar-refractivity contribution >= 4 is 29.5 Å². The van der Waals surface area contributed by atoms with Gasteiger partial charge in [-0.05, 0) is 79.2 Å². The average Bonchev–Trinajstić information content (AvgIpc) is 3.20. The minimum Gasteiger partial charge on any atom is -0.363 e. The van der Waals surface area contributed by atoms with Gasteiger partial charge in [0.1, 0.15) is 12.1 Å². The largest absolute Gasteiger partial charge is 0.363 e. The Morgan fingerprint density at radius 3 is 2.65 bits per heavy atom. The van der Waals surface area contributed by atoms with Gasteiger partial charge in [0.25, 0.3) is 0 Å². The van der Waals surface area contributed by atoms with Gasteiger partial charge in [-0.2, -0.15) is 0 Å². The monoisotopic (exact) mass is 481 g/mol. The SMILES string of the molecule is Cc1cc(Nc2ccc(F)cc2)c(C=N)cc1C1CN(Sc2conc2C)CCN1CC(C)C. The number of rotatable bonds is 8. The molecule has 1 atom stereocenters. The van der Waals surface area contributed by atoms with Crippen LogP contribution in [0.5, 0.6) is 0 Å². The van der Waals surface area contributed by atoms with E-state index in [-0.39, 0.29) is 11.9 Å². The number of nitrogens with one attached hydrogen (secondary N) is 2. The molecule has 6 nitrogen and oxygen atoms in total. The van der Waals surface area contributed by atoms with Crippen LogP contribution in [0.4, 0.5) is 15.8 Å². The first-order chi connectivity index (χ1) is 16.3. The zero-order chi connectivity index (χ0) is 24.2. The van der Waals surface area contributed by atoms with Gasteiger partial charge in [-0.15, -0.1) is 0 Å². The molecule has 1 saturated heterocycles. The maximum absolute atomic E-state index is 13.3. The molecule has 34 heavy (non-hydrogen) atoms. The summed E-state index contributed by atoms with van der Waals surface area (Å²) in [5.41, 5.74) is 5.76. The highest BCUT2D eigenvalue weighted by Crippen LogP contribution is 2.36. The standard InChI is InChI=1S/C26H32FN5OS/c1-17(2)14-31-9-10-32(34-26-16-33-30-19(26)4)15-25(31)23-12-20(13-28)24(11-18(23)3)29-22-7-5-21(27)6-8-22/h5-8,11-13,16-17,25,28-29H,9-10,14-15H2,1-4H3. The highest BCUT2D eigenvalue weighted by molar-refractivity contribution is 7.97. The number of aryl methyl sites for hydroxylation is 2. The quantitative estimate of drug-likeness (QED) is 0.295. The van der Waals surface area contributed by atoms with Crippen molar-refractivity contribution in [3.05, 3.63) is 70.9 Å². The van der Waals surface area contributed by atoms with E-state index in [1.54, 1.807) is 30.3 Å². The van der Waals surface area contributed by atoms with E-state index < -0.39 is 0 Å². The molecule has 2 N–H and O–H groups in total. The fourth-order valence-corrected chi connectivity index (χ4v) is 5.31. The van der Waals surface area contributed by atoms with Gasteiger partial charge in [0.15, 0.2) is 0 Å². The highest BCUT2D eigenvalue weighted by Gasteiger charge is 2.31. The van der Waals surface area contributed by atoms with Gasteiger partial charge in [0.2, 0.25) is 0 Å². The van der Waals surface area contributed by atoms with Crippen LogP contribution in [0.3, 0.4) is 0 Å². The van der Waals surface area contributed by atoms with E-state index in [1.165, 1.54) is 29.5 Å². The highest BCUT2D eigenvalue weighted by atomic mass is 32.2. The second-order valence-corrected chi connectivity index (χ2v) is 10.4. The van der Waals surface area contributed by atoms with Crippen molar-refractivity contribution in [2.75, 3.05) is 31.5 Å². The lowest BCUT2D eigenvalue weighted by Crippen LogP contribution is -2.47. The van der Waals surface area contributed by atoms with Gasteiger partial charge in [-0.3, -0.25) is 4.90 Å². The summed E-state index contributed by atoms with van der Waals surface area (Å²) in [4.78, 5) is 3.61. The fraction of sp³-hybridized carbons (Fsp3) is 0.385. The summed E-state index contributed by atoms with van der Waals surface area (Å²) in [6.45, 7) is 12.4. The van der Waals surface area contributed by atoms with Gasteiger partial charge in [-0.25, -0.2) is 8.70 Å². The van der Waals surface area contributed by atoms with Gasteiger partial charge in [-0.1, -0.05) is 19.0 Å². The second-order valence-electron chi connectivity index (χ2n) is 9.22. The van der Waals surface area contributed by atoms with Crippen LogP contribution in [0.2, 0.25) is 0 Å². The van der Waals surface area contributed by atoms with Crippen molar-refractivity contribution < 1.29 is 8.91 Å². The maximum Gasteiger partial charge on any atom is 0.139 e. The Morgan fingerprint density at radius 2 is 2.00 bits per heavy atom. The minimum absolute atomic E-state index is 0.211. The third-order valence-corrected chi connectivity index (χ3v) is 7.24. The Bertz CT molecular complexity index is 1130. The zero-order valence-electron chi connectivity index (χ0n) is 20.1. The minimum atomic E-state index is -0.268. The molecular weight excluding hydrogens is 449 g/mol. The molecule has 1 aliphatic heterocycles. The summed E-state index contributed by atoms with van der Waals surface area (Å²) in [6.07, 6.45) is 3.10. The van der Waals surface area contributed by atoms with Crippen LogP contribution in [-0.2, 0) is 0 Å². The van der Waals surface area contributed by atoms with Crippen LogP contribution in [0.1, 0.15) is 42.3 Å². The number of hydrogen-bond acceptors (Lipinski definition) is 7. The lowest BCUT2D eigenvalue weighted by Gasteiger charge is -2.42. The molecule has 2 heterocycles. The van der Waals surface area contributed by atoms with Crippen molar-refractivity contribution in [2.45, 2.75) is 38.6 Å². The normalized spacial score (nSPS) is 17.3. The smallest absolute Gasteiger partial charge is 0.139 e. The summed E-state index contributed by atoms with van der Waals surface area (Å²) in [6, 6.07) is 10.7. The summed E-state index contributed by atoms with van der Waals surface area (Å²) < 4.78 is 20.8. The predicted octanol–water partition coefficient (Wildman–Crippen LogP) is 6.19. The van der Waals surface area contributed by atoms with E-state index in [1.807, 2.05) is 6.92 Å². The third-order valence-electron chi connectivity index (χ3n) is 6.06. The number of hydrogen-bond donors (Lipinski definition) is 2. The molecule has 0 aliphatic carbocycles. The lowest BCUT2D eigenvalue weighted by molar-refractivity contribution is 0.110. The van der Waals surface area contributed by atoms with Gasteiger partial charge in [0, 0.05) is 55.4 Å². The Balaban J connectivity index is 1.62. The van der Waals surface area contributed by atoms with Crippen LogP contribution in [0.25, 0.3) is 0 Å². The number of aromatic nitrogens is 1. The number of halogens is 1. The maximum atomic E-state index is 13.3. The van der Waals surface area contributed by atoms with Gasteiger partial charge >= 0.3 is 0 Å². The summed E-state index contributed by atoms with van der Waals surface area (Å²) in [5, 5.41) is 15.4. The van der Waals surface area contributed by atoms with E-state index >= 15 is 0 Å². The molecule has 1 aliphatic rings. The summed E-state index contributed by atoms with van der Waals surface area (Å²) >= 11 is 1.70. The molecule has 0 amide bonds. The summed E-state index contributed by atoms with van der Waals surface area (Å²) in [5.74, 6) is 0.291. The Labute approximate surface area is 205 Å². The Morgan fingerprint density at radius 1 is 1.24 bits per heavy atom. The van der Waals surface area contributed by atoms with Crippen molar-refractivity contribution in [1.29, 1.82) is 5.41 Å². The first-order valence-electron chi connectivity index (χ1n) is 11.6. The molecule has 1 fully saturated rings. The number of anilines is 2. The molecule has 3 aromatic rings. The topological polar surface area (TPSA) is 68.4 Å². The van der Waals surface area contributed by atoms with Crippen LogP contribution < -0.4 is 5.32 Å². The fourth-order valence-electron chi connectivity index (χ4n) is 4.39. The van der Waals surface area contributed by atoms with Crippen molar-refractivity contribution in [1.82, 2.24) is 14.4 Å². The molecule has 0 saturated carbocycles. The van der Waals surface area contributed by atoms with Crippen LogP contribution in [-0.4, -0.2) is 46.8 Å². The molecule has 180 valence electrons. The molecular formula is C26H32FN5OS. The molecule has 1 unspecified atom stereocenters. The first kappa shape index (κ1) is 24.4. The van der Waals surface area contributed by atoms with Crippen LogP contribution in [0, 0.1) is 31.0 Å².